The van der Waals surface area contributed by atoms with Gasteiger partial charge >= 0.3 is 0 Å². The minimum atomic E-state index is -0.549. The number of piperazine rings is 1. The Bertz CT molecular complexity index is 1030. The molecule has 1 saturated heterocycles. The summed E-state index contributed by atoms with van der Waals surface area (Å²) in [6, 6.07) is 14.8. The highest BCUT2D eigenvalue weighted by Gasteiger charge is 2.23. The SMILES string of the molecule is O=C(NO)c1cc2ccc(C(=O)N3CCN(c4ccc(Cl)cc4)CC3)cc2s1. The lowest BCUT2D eigenvalue weighted by Crippen LogP contribution is -2.48. The summed E-state index contributed by atoms with van der Waals surface area (Å²) in [5.74, 6) is -0.563. The molecule has 0 saturated carbocycles. The molecule has 6 nitrogen and oxygen atoms in total. The molecule has 0 spiro atoms. The van der Waals surface area contributed by atoms with Crippen LogP contribution in [-0.2, 0) is 0 Å². The maximum Gasteiger partial charge on any atom is 0.284 e. The zero-order chi connectivity index (χ0) is 19.7. The minimum absolute atomic E-state index is 0.0146. The highest BCUT2D eigenvalue weighted by molar-refractivity contribution is 7.20. The average Bonchev–Trinajstić information content (AvgIpc) is 3.17. The number of hydroxylamine groups is 1. The number of benzene rings is 2. The lowest BCUT2D eigenvalue weighted by molar-refractivity contribution is 0.0710. The fourth-order valence-corrected chi connectivity index (χ4v) is 4.45. The van der Waals surface area contributed by atoms with Crippen molar-refractivity contribution in [2.75, 3.05) is 31.1 Å². The fraction of sp³-hybridized carbons (Fsp3) is 0.200. The Morgan fingerprint density at radius 3 is 2.39 bits per heavy atom. The van der Waals surface area contributed by atoms with Gasteiger partial charge in [-0.15, -0.1) is 11.3 Å². The van der Waals surface area contributed by atoms with E-state index in [1.165, 1.54) is 11.3 Å². The van der Waals surface area contributed by atoms with Crippen LogP contribution in [0.3, 0.4) is 0 Å². The minimum Gasteiger partial charge on any atom is -0.368 e. The average molecular weight is 416 g/mol. The number of hydrogen-bond acceptors (Lipinski definition) is 5. The van der Waals surface area contributed by atoms with Crippen LogP contribution in [0.2, 0.25) is 5.02 Å². The summed E-state index contributed by atoms with van der Waals surface area (Å²) in [6.45, 7) is 2.80. The molecule has 0 aliphatic carbocycles. The number of halogens is 1. The van der Waals surface area contributed by atoms with Gasteiger partial charge in [0, 0.05) is 47.2 Å². The lowest BCUT2D eigenvalue weighted by atomic mass is 10.1. The Kier molecular flexibility index (Phi) is 5.21. The molecular weight excluding hydrogens is 398 g/mol. The first-order valence-corrected chi connectivity index (χ1v) is 10.0. The zero-order valence-electron chi connectivity index (χ0n) is 14.9. The van der Waals surface area contributed by atoms with E-state index in [-0.39, 0.29) is 5.91 Å². The van der Waals surface area contributed by atoms with Gasteiger partial charge in [0.15, 0.2) is 0 Å². The largest absolute Gasteiger partial charge is 0.368 e. The van der Waals surface area contributed by atoms with E-state index in [0.29, 0.717) is 28.6 Å². The first kappa shape index (κ1) is 18.7. The van der Waals surface area contributed by atoms with Crippen LogP contribution in [0.15, 0.2) is 48.5 Å². The Hall–Kier alpha value is -2.61. The molecule has 0 radical (unpaired) electrons. The van der Waals surface area contributed by atoms with Gasteiger partial charge in [0.05, 0.1) is 4.88 Å². The highest BCUT2D eigenvalue weighted by atomic mass is 35.5. The number of thiophene rings is 1. The maximum atomic E-state index is 12.9. The third kappa shape index (κ3) is 3.69. The van der Waals surface area contributed by atoms with Gasteiger partial charge in [0.2, 0.25) is 0 Å². The number of rotatable bonds is 3. The summed E-state index contributed by atoms with van der Waals surface area (Å²) in [6.07, 6.45) is 0. The van der Waals surface area contributed by atoms with Crippen LogP contribution < -0.4 is 10.4 Å². The number of fused-ring (bicyclic) bond motifs is 1. The standard InChI is InChI=1S/C20H18ClN3O3S/c21-15-3-5-16(6-4-15)23-7-9-24(10-8-23)20(26)14-2-1-13-11-18(19(25)22-27)28-17(13)12-14/h1-6,11-12,27H,7-10H2,(H,22,25). The van der Waals surface area contributed by atoms with Gasteiger partial charge in [-0.2, -0.15) is 0 Å². The first-order chi connectivity index (χ1) is 13.5. The Morgan fingerprint density at radius 1 is 1.00 bits per heavy atom. The molecule has 0 atom stereocenters. The molecule has 4 rings (SSSR count). The third-order valence-corrected chi connectivity index (χ3v) is 6.20. The second kappa shape index (κ2) is 7.79. The molecule has 2 N–H and O–H groups in total. The van der Waals surface area contributed by atoms with Crippen LogP contribution in [0.5, 0.6) is 0 Å². The number of hydrogen-bond donors (Lipinski definition) is 2. The van der Waals surface area contributed by atoms with Crippen molar-refractivity contribution in [1.82, 2.24) is 10.4 Å². The fourth-order valence-electron chi connectivity index (χ4n) is 3.33. The summed E-state index contributed by atoms with van der Waals surface area (Å²) < 4.78 is 0.837. The summed E-state index contributed by atoms with van der Waals surface area (Å²) in [4.78, 5) is 29.0. The van der Waals surface area contributed by atoms with Crippen LogP contribution in [-0.4, -0.2) is 48.1 Å². The number of carbonyl (C=O) groups excluding carboxylic acids is 2. The molecule has 2 aromatic carbocycles. The lowest BCUT2D eigenvalue weighted by Gasteiger charge is -2.36. The van der Waals surface area contributed by atoms with E-state index < -0.39 is 5.91 Å². The van der Waals surface area contributed by atoms with Gasteiger partial charge in [-0.1, -0.05) is 17.7 Å². The summed E-state index contributed by atoms with van der Waals surface area (Å²) in [5, 5.41) is 10.4. The summed E-state index contributed by atoms with van der Waals surface area (Å²) >= 11 is 7.19. The van der Waals surface area contributed by atoms with Crippen LogP contribution >= 0.6 is 22.9 Å². The highest BCUT2D eigenvalue weighted by Crippen LogP contribution is 2.27. The molecule has 8 heteroatoms. The topological polar surface area (TPSA) is 72.9 Å². The van der Waals surface area contributed by atoms with E-state index in [0.717, 1.165) is 28.9 Å². The Labute approximate surface area is 170 Å². The molecule has 0 bridgehead atoms. The van der Waals surface area contributed by atoms with Gasteiger partial charge in [0.25, 0.3) is 11.8 Å². The molecule has 2 amide bonds. The number of nitrogens with one attached hydrogen (secondary N) is 1. The maximum absolute atomic E-state index is 12.9. The normalized spacial score (nSPS) is 14.4. The van der Waals surface area contributed by atoms with E-state index in [2.05, 4.69) is 4.90 Å². The van der Waals surface area contributed by atoms with Gasteiger partial charge in [0.1, 0.15) is 0 Å². The molecule has 1 fully saturated rings. The van der Waals surface area contributed by atoms with Crippen molar-refractivity contribution >= 4 is 50.5 Å². The van der Waals surface area contributed by atoms with Crippen LogP contribution in [0.1, 0.15) is 20.0 Å². The molecule has 28 heavy (non-hydrogen) atoms. The van der Waals surface area contributed by atoms with E-state index in [1.807, 2.05) is 41.3 Å². The smallest absolute Gasteiger partial charge is 0.284 e. The molecule has 0 unspecified atom stereocenters. The molecular formula is C20H18ClN3O3S. The second-order valence-corrected chi connectivity index (χ2v) is 8.08. The summed E-state index contributed by atoms with van der Waals surface area (Å²) in [5.41, 5.74) is 3.34. The molecule has 2 heterocycles. The van der Waals surface area contributed by atoms with Crippen molar-refractivity contribution in [3.8, 4) is 0 Å². The van der Waals surface area contributed by atoms with Crippen molar-refractivity contribution in [2.24, 2.45) is 0 Å². The van der Waals surface area contributed by atoms with Crippen LogP contribution in [0, 0.1) is 0 Å². The molecule has 1 aliphatic heterocycles. The first-order valence-electron chi connectivity index (χ1n) is 8.83. The predicted molar refractivity (Wildman–Crippen MR) is 111 cm³/mol. The van der Waals surface area contributed by atoms with Gasteiger partial charge in [-0.05, 0) is 47.9 Å². The van der Waals surface area contributed by atoms with Gasteiger partial charge < -0.3 is 9.80 Å². The molecule has 1 aromatic heterocycles. The number of carbonyl (C=O) groups is 2. The zero-order valence-corrected chi connectivity index (χ0v) is 16.5. The predicted octanol–water partition coefficient (Wildman–Crippen LogP) is 3.64. The third-order valence-electron chi connectivity index (χ3n) is 4.85. The van der Waals surface area contributed by atoms with E-state index >= 15 is 0 Å². The van der Waals surface area contributed by atoms with E-state index in [1.54, 1.807) is 17.6 Å². The monoisotopic (exact) mass is 415 g/mol. The number of nitrogens with zero attached hydrogens (tertiary/aromatic N) is 2. The second-order valence-electron chi connectivity index (χ2n) is 6.56. The summed E-state index contributed by atoms with van der Waals surface area (Å²) in [7, 11) is 0. The molecule has 1 aliphatic rings. The Morgan fingerprint density at radius 2 is 1.71 bits per heavy atom. The van der Waals surface area contributed by atoms with Crippen molar-refractivity contribution in [1.29, 1.82) is 0 Å². The van der Waals surface area contributed by atoms with Crippen molar-refractivity contribution in [3.63, 3.8) is 0 Å². The Balaban J connectivity index is 1.46. The van der Waals surface area contributed by atoms with Gasteiger partial charge in [-0.3, -0.25) is 14.8 Å². The van der Waals surface area contributed by atoms with Crippen molar-refractivity contribution in [3.05, 3.63) is 64.0 Å². The van der Waals surface area contributed by atoms with E-state index in [4.69, 9.17) is 16.8 Å². The van der Waals surface area contributed by atoms with Crippen LogP contribution in [0.4, 0.5) is 5.69 Å². The number of amides is 2. The van der Waals surface area contributed by atoms with E-state index in [9.17, 15) is 9.59 Å². The molecule has 3 aromatic rings. The molecule has 144 valence electrons. The van der Waals surface area contributed by atoms with Crippen molar-refractivity contribution < 1.29 is 14.8 Å². The quantitative estimate of drug-likeness (QED) is 0.506. The van der Waals surface area contributed by atoms with Crippen LogP contribution in [0.25, 0.3) is 10.1 Å². The van der Waals surface area contributed by atoms with Crippen molar-refractivity contribution in [2.45, 2.75) is 0 Å². The van der Waals surface area contributed by atoms with Gasteiger partial charge in [-0.25, -0.2) is 5.48 Å². The number of anilines is 1.